The molecule has 0 unspecified atom stereocenters. The maximum Gasteiger partial charge on any atom is 0.417 e. The Bertz CT molecular complexity index is 1010. The van der Waals surface area contributed by atoms with Crippen LogP contribution in [0.3, 0.4) is 0 Å². The van der Waals surface area contributed by atoms with Gasteiger partial charge in [-0.05, 0) is 37.3 Å². The van der Waals surface area contributed by atoms with Gasteiger partial charge in [-0.15, -0.1) is 0 Å². The number of carbonyl (C=O) groups is 2. The maximum absolute atomic E-state index is 12.9. The minimum absolute atomic E-state index is 0.0977. The number of halogens is 4. The molecule has 158 valence electrons. The topological polar surface area (TPSA) is 114 Å². The van der Waals surface area contributed by atoms with E-state index in [1.54, 1.807) is 0 Å². The van der Waals surface area contributed by atoms with Gasteiger partial charge < -0.3 is 5.32 Å². The number of hydrogen-bond donors (Lipinski definition) is 2. The van der Waals surface area contributed by atoms with E-state index in [1.165, 1.54) is 25.1 Å². The second-order valence-corrected chi connectivity index (χ2v) is 6.42. The van der Waals surface area contributed by atoms with E-state index in [9.17, 15) is 32.9 Å². The van der Waals surface area contributed by atoms with Gasteiger partial charge in [0.1, 0.15) is 0 Å². The van der Waals surface area contributed by atoms with Crippen molar-refractivity contribution in [2.24, 2.45) is 5.10 Å². The molecule has 2 N–H and O–H groups in total. The van der Waals surface area contributed by atoms with Crippen molar-refractivity contribution in [3.63, 3.8) is 0 Å². The highest BCUT2D eigenvalue weighted by Gasteiger charge is 2.33. The summed E-state index contributed by atoms with van der Waals surface area (Å²) in [5.74, 6) is -1.31. The number of nitrogens with zero attached hydrogens (tertiary/aromatic N) is 2. The summed E-state index contributed by atoms with van der Waals surface area (Å²) in [7, 11) is 0. The molecule has 30 heavy (non-hydrogen) atoms. The summed E-state index contributed by atoms with van der Waals surface area (Å²) in [6.07, 6.45) is -4.97. The molecule has 0 fully saturated rings. The monoisotopic (exact) mass is 442 g/mol. The van der Waals surface area contributed by atoms with E-state index in [0.717, 1.165) is 18.2 Å². The van der Waals surface area contributed by atoms with Crippen LogP contribution in [-0.4, -0.2) is 22.4 Å². The molecule has 2 rings (SSSR count). The van der Waals surface area contributed by atoms with Crippen LogP contribution in [0.1, 0.15) is 29.3 Å². The molecule has 0 spiro atoms. The van der Waals surface area contributed by atoms with Crippen LogP contribution in [0.5, 0.6) is 0 Å². The van der Waals surface area contributed by atoms with Gasteiger partial charge >= 0.3 is 6.18 Å². The van der Waals surface area contributed by atoms with Crippen molar-refractivity contribution >= 4 is 40.5 Å². The molecule has 0 bridgehead atoms. The summed E-state index contributed by atoms with van der Waals surface area (Å²) in [6, 6.07) is 7.74. The van der Waals surface area contributed by atoms with Crippen molar-refractivity contribution in [2.75, 3.05) is 5.32 Å². The van der Waals surface area contributed by atoms with Crippen LogP contribution in [0.2, 0.25) is 5.02 Å². The van der Waals surface area contributed by atoms with Crippen LogP contribution >= 0.6 is 11.6 Å². The Balaban J connectivity index is 1.96. The predicted molar refractivity (Wildman–Crippen MR) is 103 cm³/mol. The van der Waals surface area contributed by atoms with Gasteiger partial charge in [0.2, 0.25) is 5.91 Å². The summed E-state index contributed by atoms with van der Waals surface area (Å²) in [5, 5.41) is 16.1. The van der Waals surface area contributed by atoms with Gasteiger partial charge in [0.25, 0.3) is 11.6 Å². The fraction of sp³-hybridized carbons (Fsp3) is 0.167. The number of hydrazone groups is 1. The molecule has 0 atom stereocenters. The normalized spacial score (nSPS) is 11.7. The quantitative estimate of drug-likeness (QED) is 0.392. The third-order valence-electron chi connectivity index (χ3n) is 3.66. The van der Waals surface area contributed by atoms with Gasteiger partial charge in [0.05, 0.1) is 21.9 Å². The lowest BCUT2D eigenvalue weighted by atomic mass is 10.2. The Kier molecular flexibility index (Phi) is 7.11. The molecule has 0 aromatic heterocycles. The predicted octanol–water partition coefficient (Wildman–Crippen LogP) is 4.40. The van der Waals surface area contributed by atoms with Crippen LogP contribution in [0.4, 0.5) is 24.5 Å². The lowest BCUT2D eigenvalue weighted by Crippen LogP contribution is -2.21. The van der Waals surface area contributed by atoms with E-state index < -0.39 is 33.5 Å². The maximum atomic E-state index is 12.9. The molecule has 2 amide bonds. The lowest BCUT2D eigenvalue weighted by Gasteiger charge is -2.11. The molecule has 0 radical (unpaired) electrons. The minimum Gasteiger partial charge on any atom is -0.326 e. The first kappa shape index (κ1) is 22.8. The largest absolute Gasteiger partial charge is 0.417 e. The number of hydrogen-bond acceptors (Lipinski definition) is 5. The first-order chi connectivity index (χ1) is 14.0. The smallest absolute Gasteiger partial charge is 0.326 e. The average Bonchev–Trinajstić information content (AvgIpc) is 2.66. The Morgan fingerprint density at radius 3 is 2.37 bits per heavy atom. The van der Waals surface area contributed by atoms with Crippen LogP contribution in [0, 0.1) is 10.1 Å². The molecule has 0 aliphatic heterocycles. The van der Waals surface area contributed by atoms with E-state index in [4.69, 9.17) is 11.6 Å². The number of alkyl halides is 3. The third-order valence-corrected chi connectivity index (χ3v) is 3.99. The first-order valence-corrected chi connectivity index (χ1v) is 8.59. The molecule has 12 heteroatoms. The molecule has 0 saturated carbocycles. The summed E-state index contributed by atoms with van der Waals surface area (Å²) in [4.78, 5) is 34.0. The molecule has 0 aliphatic carbocycles. The van der Waals surface area contributed by atoms with E-state index >= 15 is 0 Å². The number of rotatable bonds is 6. The molecule has 2 aromatic carbocycles. The van der Waals surface area contributed by atoms with Crippen molar-refractivity contribution < 1.29 is 27.7 Å². The Hall–Kier alpha value is -3.47. The molecule has 0 heterocycles. The summed E-state index contributed by atoms with van der Waals surface area (Å²) in [6.45, 7) is 1.43. The van der Waals surface area contributed by atoms with Crippen molar-refractivity contribution in [3.05, 3.63) is 68.7 Å². The minimum atomic E-state index is -4.67. The van der Waals surface area contributed by atoms with Crippen molar-refractivity contribution in [3.8, 4) is 0 Å². The van der Waals surface area contributed by atoms with Gasteiger partial charge in [-0.2, -0.15) is 18.3 Å². The number of non-ortho nitro benzene ring substituents is 1. The molecule has 2 aromatic rings. The zero-order valence-electron chi connectivity index (χ0n) is 15.3. The molecule has 0 saturated heterocycles. The first-order valence-electron chi connectivity index (χ1n) is 8.22. The number of benzene rings is 2. The van der Waals surface area contributed by atoms with Gasteiger partial charge in [0.15, 0.2) is 0 Å². The van der Waals surface area contributed by atoms with E-state index in [-0.39, 0.29) is 29.1 Å². The van der Waals surface area contributed by atoms with E-state index in [2.05, 4.69) is 15.8 Å². The second-order valence-electron chi connectivity index (χ2n) is 6.01. The average molecular weight is 443 g/mol. The van der Waals surface area contributed by atoms with Gasteiger partial charge in [0, 0.05) is 29.1 Å². The highest BCUT2D eigenvalue weighted by molar-refractivity contribution is 6.31. The number of amides is 2. The SMILES string of the molecule is CC(CC(=O)Nc1ccc(Cl)c(C(F)(F)F)c1)=NNC(=O)c1ccc([N+](=O)[O-])cc1. The van der Waals surface area contributed by atoms with Gasteiger partial charge in [-0.3, -0.25) is 19.7 Å². The Morgan fingerprint density at radius 1 is 1.17 bits per heavy atom. The standard InChI is InChI=1S/C18H14ClF3N4O4/c1-10(24-25-17(28)11-2-5-13(6-3-11)26(29)30)8-16(27)23-12-4-7-15(19)14(9-12)18(20,21)22/h2-7,9H,8H2,1H3,(H,23,27)(H,25,28). The summed E-state index contributed by atoms with van der Waals surface area (Å²) < 4.78 is 38.6. The zero-order valence-corrected chi connectivity index (χ0v) is 16.0. The van der Waals surface area contributed by atoms with Crippen molar-refractivity contribution in [1.82, 2.24) is 5.43 Å². The fourth-order valence-corrected chi connectivity index (χ4v) is 2.47. The van der Waals surface area contributed by atoms with E-state index in [1.807, 2.05) is 0 Å². The van der Waals surface area contributed by atoms with Crippen LogP contribution in [0.25, 0.3) is 0 Å². The number of nitro groups is 1. The summed E-state index contributed by atoms with van der Waals surface area (Å²) in [5.41, 5.74) is 1.11. The number of nitro benzene ring substituents is 1. The number of carbonyl (C=O) groups excluding carboxylic acids is 2. The van der Waals surface area contributed by atoms with Gasteiger partial charge in [-0.25, -0.2) is 5.43 Å². The van der Waals surface area contributed by atoms with Crippen LogP contribution in [0.15, 0.2) is 47.6 Å². The van der Waals surface area contributed by atoms with Crippen LogP contribution in [-0.2, 0) is 11.0 Å². The second kappa shape index (κ2) is 9.35. The molecular formula is C18H14ClF3N4O4. The molecule has 0 aliphatic rings. The van der Waals surface area contributed by atoms with Crippen molar-refractivity contribution in [2.45, 2.75) is 19.5 Å². The fourth-order valence-electron chi connectivity index (χ4n) is 2.24. The molecule has 8 nitrogen and oxygen atoms in total. The Labute approximate surface area is 172 Å². The number of anilines is 1. The van der Waals surface area contributed by atoms with Crippen LogP contribution < -0.4 is 10.7 Å². The van der Waals surface area contributed by atoms with E-state index in [0.29, 0.717) is 6.07 Å². The number of nitrogens with one attached hydrogen (secondary N) is 2. The summed E-state index contributed by atoms with van der Waals surface area (Å²) >= 11 is 5.52. The zero-order chi connectivity index (χ0) is 22.5. The van der Waals surface area contributed by atoms with Crippen molar-refractivity contribution in [1.29, 1.82) is 0 Å². The van der Waals surface area contributed by atoms with Gasteiger partial charge in [-0.1, -0.05) is 11.6 Å². The highest BCUT2D eigenvalue weighted by atomic mass is 35.5. The lowest BCUT2D eigenvalue weighted by molar-refractivity contribution is -0.384. The third kappa shape index (κ3) is 6.27. The molecular weight excluding hydrogens is 429 g/mol. The Morgan fingerprint density at radius 2 is 1.80 bits per heavy atom. The highest BCUT2D eigenvalue weighted by Crippen LogP contribution is 2.36.